The first-order valence-corrected chi connectivity index (χ1v) is 5.79. The van der Waals surface area contributed by atoms with E-state index in [0.29, 0.717) is 31.9 Å². The largest absolute Gasteiger partial charge is 0.397 e. The second-order valence-electron chi connectivity index (χ2n) is 3.46. The molecule has 7 heteroatoms. The summed E-state index contributed by atoms with van der Waals surface area (Å²) in [6, 6.07) is 1.43. The van der Waals surface area contributed by atoms with Crippen molar-refractivity contribution < 1.29 is 14.3 Å². The normalized spacial score (nSPS) is 10.3. The fourth-order valence-corrected chi connectivity index (χ4v) is 1.37. The summed E-state index contributed by atoms with van der Waals surface area (Å²) in [6.45, 7) is 1.83. The van der Waals surface area contributed by atoms with Crippen molar-refractivity contribution in [1.29, 1.82) is 0 Å². The standard InChI is InChI=1S/C11H16ClN3O3/c1-17-4-5-18-3-2-14-11(16)8-6-10(12)15-7-9(8)13/h6-7H,2-5,13H2,1H3,(H,14,16). The SMILES string of the molecule is COCCOCCNC(=O)c1cc(Cl)ncc1N. The monoisotopic (exact) mass is 273 g/mol. The van der Waals surface area contributed by atoms with Gasteiger partial charge < -0.3 is 20.5 Å². The molecular weight excluding hydrogens is 258 g/mol. The Bertz CT molecular complexity index is 401. The second-order valence-corrected chi connectivity index (χ2v) is 3.84. The molecule has 1 aromatic heterocycles. The zero-order valence-electron chi connectivity index (χ0n) is 10.1. The highest BCUT2D eigenvalue weighted by Gasteiger charge is 2.10. The van der Waals surface area contributed by atoms with Crippen molar-refractivity contribution in [2.24, 2.45) is 0 Å². The average molecular weight is 274 g/mol. The van der Waals surface area contributed by atoms with E-state index in [2.05, 4.69) is 10.3 Å². The van der Waals surface area contributed by atoms with Crippen molar-refractivity contribution in [3.05, 3.63) is 23.0 Å². The van der Waals surface area contributed by atoms with E-state index in [4.69, 9.17) is 26.8 Å². The van der Waals surface area contributed by atoms with Crippen molar-refractivity contribution in [2.45, 2.75) is 0 Å². The smallest absolute Gasteiger partial charge is 0.253 e. The predicted molar refractivity (Wildman–Crippen MR) is 68.7 cm³/mol. The summed E-state index contributed by atoms with van der Waals surface area (Å²) in [4.78, 5) is 15.5. The molecule has 0 bridgehead atoms. The van der Waals surface area contributed by atoms with Crippen LogP contribution in [0.15, 0.2) is 12.3 Å². The number of anilines is 1. The fraction of sp³-hybridized carbons (Fsp3) is 0.455. The van der Waals surface area contributed by atoms with Crippen LogP contribution in [0.4, 0.5) is 5.69 Å². The van der Waals surface area contributed by atoms with Crippen LogP contribution in [-0.2, 0) is 9.47 Å². The lowest BCUT2D eigenvalue weighted by atomic mass is 10.2. The summed E-state index contributed by atoms with van der Waals surface area (Å²) < 4.78 is 10.0. The van der Waals surface area contributed by atoms with Crippen LogP contribution >= 0.6 is 11.6 Å². The summed E-state index contributed by atoms with van der Waals surface area (Å²) in [5.41, 5.74) is 6.23. The van der Waals surface area contributed by atoms with Gasteiger partial charge in [-0.3, -0.25) is 4.79 Å². The molecule has 0 aliphatic heterocycles. The molecule has 0 saturated heterocycles. The van der Waals surface area contributed by atoms with Crippen LogP contribution < -0.4 is 11.1 Å². The van der Waals surface area contributed by atoms with Crippen molar-refractivity contribution >= 4 is 23.2 Å². The van der Waals surface area contributed by atoms with E-state index in [0.717, 1.165) is 0 Å². The van der Waals surface area contributed by atoms with Gasteiger partial charge in [0.25, 0.3) is 5.91 Å². The predicted octanol–water partition coefficient (Wildman–Crippen LogP) is 0.710. The Kier molecular flexibility index (Phi) is 6.42. The zero-order chi connectivity index (χ0) is 13.4. The summed E-state index contributed by atoms with van der Waals surface area (Å²) in [5, 5.41) is 2.90. The number of halogens is 1. The van der Waals surface area contributed by atoms with Crippen LogP contribution in [-0.4, -0.2) is 44.4 Å². The quantitative estimate of drug-likeness (QED) is 0.564. The number of methoxy groups -OCH3 is 1. The summed E-state index contributed by atoms with van der Waals surface area (Å²) in [5.74, 6) is -0.299. The van der Waals surface area contributed by atoms with E-state index in [1.54, 1.807) is 7.11 Å². The van der Waals surface area contributed by atoms with Gasteiger partial charge in [0.2, 0.25) is 0 Å². The number of nitrogens with two attached hydrogens (primary N) is 1. The Morgan fingerprint density at radius 2 is 2.28 bits per heavy atom. The number of carbonyl (C=O) groups is 1. The topological polar surface area (TPSA) is 86.5 Å². The van der Waals surface area contributed by atoms with E-state index >= 15 is 0 Å². The zero-order valence-corrected chi connectivity index (χ0v) is 10.9. The van der Waals surface area contributed by atoms with Crippen molar-refractivity contribution in [3.8, 4) is 0 Å². The molecular formula is C11H16ClN3O3. The Hall–Kier alpha value is -1.37. The first kappa shape index (κ1) is 14.7. The van der Waals surface area contributed by atoms with Gasteiger partial charge in [-0.25, -0.2) is 4.98 Å². The van der Waals surface area contributed by atoms with Crippen molar-refractivity contribution in [1.82, 2.24) is 10.3 Å². The van der Waals surface area contributed by atoms with Gasteiger partial charge in [0, 0.05) is 13.7 Å². The summed E-state index contributed by atoms with van der Waals surface area (Å²) in [6.07, 6.45) is 1.35. The third-order valence-electron chi connectivity index (χ3n) is 2.11. The molecule has 1 heterocycles. The maximum atomic E-state index is 11.7. The van der Waals surface area contributed by atoms with E-state index in [1.807, 2.05) is 0 Å². The van der Waals surface area contributed by atoms with Crippen molar-refractivity contribution in [2.75, 3.05) is 39.2 Å². The van der Waals surface area contributed by atoms with E-state index in [9.17, 15) is 4.79 Å². The van der Waals surface area contributed by atoms with Gasteiger partial charge in [0.05, 0.1) is 37.3 Å². The summed E-state index contributed by atoms with van der Waals surface area (Å²) in [7, 11) is 1.60. The Morgan fingerprint density at radius 1 is 1.50 bits per heavy atom. The van der Waals surface area contributed by atoms with Crippen LogP contribution in [0, 0.1) is 0 Å². The van der Waals surface area contributed by atoms with Crippen LogP contribution in [0.5, 0.6) is 0 Å². The Labute approximate surface area is 110 Å². The van der Waals surface area contributed by atoms with Gasteiger partial charge in [-0.2, -0.15) is 0 Å². The minimum atomic E-state index is -0.299. The molecule has 0 spiro atoms. The molecule has 100 valence electrons. The first-order valence-electron chi connectivity index (χ1n) is 5.41. The van der Waals surface area contributed by atoms with Gasteiger partial charge in [-0.1, -0.05) is 11.6 Å². The van der Waals surface area contributed by atoms with Crippen LogP contribution in [0.3, 0.4) is 0 Å². The lowest BCUT2D eigenvalue weighted by molar-refractivity contribution is 0.0693. The molecule has 0 radical (unpaired) electrons. The Morgan fingerprint density at radius 3 is 3.00 bits per heavy atom. The summed E-state index contributed by atoms with van der Waals surface area (Å²) >= 11 is 5.69. The van der Waals surface area contributed by atoms with Gasteiger partial charge in [-0.15, -0.1) is 0 Å². The number of hydrogen-bond donors (Lipinski definition) is 2. The maximum absolute atomic E-state index is 11.7. The molecule has 0 aliphatic carbocycles. The minimum Gasteiger partial charge on any atom is -0.397 e. The van der Waals surface area contributed by atoms with Gasteiger partial charge in [0.15, 0.2) is 0 Å². The first-order chi connectivity index (χ1) is 8.65. The highest BCUT2D eigenvalue weighted by molar-refractivity contribution is 6.29. The molecule has 0 unspecified atom stereocenters. The number of carbonyl (C=O) groups excluding carboxylic acids is 1. The molecule has 1 rings (SSSR count). The van der Waals surface area contributed by atoms with Crippen LogP contribution in [0.1, 0.15) is 10.4 Å². The molecule has 1 amide bonds. The molecule has 0 fully saturated rings. The number of nitrogens with one attached hydrogen (secondary N) is 1. The highest BCUT2D eigenvalue weighted by Crippen LogP contribution is 2.14. The van der Waals surface area contributed by atoms with Crippen molar-refractivity contribution in [3.63, 3.8) is 0 Å². The number of nitrogens with zero attached hydrogens (tertiary/aromatic N) is 1. The molecule has 6 nitrogen and oxygen atoms in total. The fourth-order valence-electron chi connectivity index (χ4n) is 1.21. The lowest BCUT2D eigenvalue weighted by Crippen LogP contribution is -2.28. The van der Waals surface area contributed by atoms with Crippen LogP contribution in [0.2, 0.25) is 5.15 Å². The van der Waals surface area contributed by atoms with E-state index in [1.165, 1.54) is 12.3 Å². The number of amides is 1. The number of pyridine rings is 1. The van der Waals surface area contributed by atoms with Gasteiger partial charge in [-0.05, 0) is 6.07 Å². The molecule has 3 N–H and O–H groups in total. The van der Waals surface area contributed by atoms with E-state index in [-0.39, 0.29) is 16.7 Å². The molecule has 1 aromatic rings. The third-order valence-corrected chi connectivity index (χ3v) is 2.32. The Balaban J connectivity index is 2.34. The molecule has 0 aromatic carbocycles. The third kappa shape index (κ3) is 4.87. The molecule has 18 heavy (non-hydrogen) atoms. The average Bonchev–Trinajstić information content (AvgIpc) is 2.36. The van der Waals surface area contributed by atoms with Crippen LogP contribution in [0.25, 0.3) is 0 Å². The van der Waals surface area contributed by atoms with Gasteiger partial charge in [0.1, 0.15) is 5.15 Å². The lowest BCUT2D eigenvalue weighted by Gasteiger charge is -2.08. The molecule has 0 atom stereocenters. The maximum Gasteiger partial charge on any atom is 0.253 e. The van der Waals surface area contributed by atoms with E-state index < -0.39 is 0 Å². The molecule has 0 saturated carbocycles. The number of nitrogen functional groups attached to an aromatic ring is 1. The number of rotatable bonds is 7. The minimum absolute atomic E-state index is 0.227. The number of ether oxygens (including phenoxy) is 2. The molecule has 0 aliphatic rings. The second kappa shape index (κ2) is 7.86. The number of aromatic nitrogens is 1. The highest BCUT2D eigenvalue weighted by atomic mass is 35.5. The number of hydrogen-bond acceptors (Lipinski definition) is 5. The van der Waals surface area contributed by atoms with Gasteiger partial charge >= 0.3 is 0 Å².